The van der Waals surface area contributed by atoms with E-state index in [1.165, 1.54) is 22.3 Å². The minimum Gasteiger partial charge on any atom is -0.457 e. The Morgan fingerprint density at radius 3 is 1.41 bits per heavy atom. The molecule has 0 fully saturated rings. The van der Waals surface area contributed by atoms with E-state index in [0.29, 0.717) is 5.82 Å². The number of benzene rings is 8. The van der Waals surface area contributed by atoms with E-state index in [2.05, 4.69) is 200 Å². The largest absolute Gasteiger partial charge is 0.457 e. The molecule has 11 rings (SSSR count). The van der Waals surface area contributed by atoms with E-state index in [-0.39, 0.29) is 0 Å². The summed E-state index contributed by atoms with van der Waals surface area (Å²) >= 11 is 0. The maximum Gasteiger partial charge on any atom is 0.160 e. The van der Waals surface area contributed by atoms with Gasteiger partial charge in [-0.15, -0.1) is 0 Å². The Labute approximate surface area is 326 Å². The van der Waals surface area contributed by atoms with E-state index in [1.807, 2.05) is 6.07 Å². The fraction of sp³-hybridized carbons (Fsp3) is 0.0189. The van der Waals surface area contributed by atoms with E-state index in [4.69, 9.17) is 14.7 Å². The van der Waals surface area contributed by atoms with Crippen LogP contribution < -0.4 is 4.74 Å². The maximum atomic E-state index is 6.75. The molecule has 0 N–H and O–H groups in total. The van der Waals surface area contributed by atoms with Crippen molar-refractivity contribution in [3.05, 3.63) is 229 Å². The van der Waals surface area contributed by atoms with Gasteiger partial charge in [-0.1, -0.05) is 164 Å². The first-order chi connectivity index (χ1) is 27.7. The predicted molar refractivity (Wildman–Crippen MR) is 227 cm³/mol. The Morgan fingerprint density at radius 2 is 0.768 bits per heavy atom. The minimum atomic E-state index is -0.569. The molecule has 0 saturated heterocycles. The summed E-state index contributed by atoms with van der Waals surface area (Å²) in [5, 5.41) is 0. The molecule has 8 aromatic carbocycles. The third kappa shape index (κ3) is 5.05. The van der Waals surface area contributed by atoms with Crippen molar-refractivity contribution < 1.29 is 4.74 Å². The van der Waals surface area contributed by atoms with E-state index >= 15 is 0 Å². The Hall–Kier alpha value is -7.36. The summed E-state index contributed by atoms with van der Waals surface area (Å²) < 4.78 is 6.75. The van der Waals surface area contributed by atoms with Crippen LogP contribution in [0.3, 0.4) is 0 Å². The van der Waals surface area contributed by atoms with Crippen molar-refractivity contribution >= 4 is 0 Å². The summed E-state index contributed by atoms with van der Waals surface area (Å²) in [6.07, 6.45) is 0. The van der Waals surface area contributed by atoms with Crippen molar-refractivity contribution in [2.45, 2.75) is 5.41 Å². The van der Waals surface area contributed by atoms with Crippen LogP contribution in [0.1, 0.15) is 22.3 Å². The molecule has 1 aliphatic heterocycles. The quantitative estimate of drug-likeness (QED) is 0.178. The second-order valence-corrected chi connectivity index (χ2v) is 14.5. The molecule has 9 aromatic rings. The van der Waals surface area contributed by atoms with Crippen LogP contribution in [0.2, 0.25) is 0 Å². The maximum absolute atomic E-state index is 6.75. The van der Waals surface area contributed by atoms with Crippen LogP contribution >= 0.6 is 0 Å². The third-order valence-corrected chi connectivity index (χ3v) is 11.4. The van der Waals surface area contributed by atoms with E-state index in [0.717, 1.165) is 73.0 Å². The van der Waals surface area contributed by atoms with Gasteiger partial charge in [-0.25, -0.2) is 9.97 Å². The van der Waals surface area contributed by atoms with Crippen molar-refractivity contribution in [2.75, 3.05) is 0 Å². The Kier molecular flexibility index (Phi) is 7.39. The molecule has 1 aliphatic carbocycles. The smallest absolute Gasteiger partial charge is 0.160 e. The lowest BCUT2D eigenvalue weighted by atomic mass is 9.66. The Morgan fingerprint density at radius 1 is 0.304 bits per heavy atom. The number of nitrogens with zero attached hydrogens (tertiary/aromatic N) is 2. The molecule has 1 spiro atoms. The predicted octanol–water partition coefficient (Wildman–Crippen LogP) is 13.3. The molecule has 3 heteroatoms. The molecule has 0 bridgehead atoms. The zero-order chi connectivity index (χ0) is 37.1. The number of hydrogen-bond acceptors (Lipinski definition) is 3. The molecule has 0 amide bonds. The normalized spacial score (nSPS) is 12.9. The van der Waals surface area contributed by atoms with Gasteiger partial charge in [-0.05, 0) is 87.0 Å². The number of hydrogen-bond donors (Lipinski definition) is 0. The summed E-state index contributed by atoms with van der Waals surface area (Å²) in [4.78, 5) is 10.6. The number of aromatic nitrogens is 2. The van der Waals surface area contributed by atoms with E-state index in [9.17, 15) is 0 Å². The van der Waals surface area contributed by atoms with Crippen LogP contribution in [0.25, 0.3) is 67.3 Å². The van der Waals surface area contributed by atoms with Crippen LogP contribution in [0.5, 0.6) is 11.5 Å². The molecule has 0 radical (unpaired) electrons. The fourth-order valence-electron chi connectivity index (χ4n) is 8.84. The van der Waals surface area contributed by atoms with Crippen molar-refractivity contribution in [3.8, 4) is 78.8 Å². The summed E-state index contributed by atoms with van der Waals surface area (Å²) in [6, 6.07) is 73.0. The average Bonchev–Trinajstić information content (AvgIpc) is 3.57. The zero-order valence-corrected chi connectivity index (χ0v) is 30.4. The number of fused-ring (bicyclic) bond motifs is 9. The van der Waals surface area contributed by atoms with Gasteiger partial charge in [-0.3, -0.25) is 0 Å². The fourth-order valence-corrected chi connectivity index (χ4v) is 8.84. The molecule has 0 atom stereocenters. The van der Waals surface area contributed by atoms with Gasteiger partial charge >= 0.3 is 0 Å². The monoisotopic (exact) mass is 714 g/mol. The number of ether oxygens (including phenoxy) is 1. The van der Waals surface area contributed by atoms with Crippen molar-refractivity contribution in [1.82, 2.24) is 9.97 Å². The standard InChI is InChI=1S/C53H34N2O/c1-3-15-35(16-4-1)37-19-13-21-39(31-37)48-34-49(55-52(54-48)41-22-14-20-38(32-41)36-17-5-2-6-18-36)40-29-30-51-47(33-40)53(46-27-11-12-28-50(46)56-51)44-25-9-7-23-42(44)43-24-8-10-26-45(43)53/h1-34H. The van der Waals surface area contributed by atoms with Crippen molar-refractivity contribution in [2.24, 2.45) is 0 Å². The van der Waals surface area contributed by atoms with Crippen molar-refractivity contribution in [3.63, 3.8) is 0 Å². The van der Waals surface area contributed by atoms with Crippen LogP contribution in [0, 0.1) is 0 Å². The molecule has 2 heterocycles. The summed E-state index contributed by atoms with van der Waals surface area (Å²) in [5.74, 6) is 2.40. The first-order valence-corrected chi connectivity index (χ1v) is 19.1. The molecule has 0 saturated carbocycles. The molecule has 0 unspecified atom stereocenters. The molecular formula is C53H34N2O. The topological polar surface area (TPSA) is 35.0 Å². The van der Waals surface area contributed by atoms with Gasteiger partial charge in [0.2, 0.25) is 0 Å². The van der Waals surface area contributed by atoms with E-state index in [1.54, 1.807) is 0 Å². The van der Waals surface area contributed by atoms with Gasteiger partial charge in [0.25, 0.3) is 0 Å². The molecule has 3 nitrogen and oxygen atoms in total. The van der Waals surface area contributed by atoms with Crippen LogP contribution in [0.15, 0.2) is 206 Å². The summed E-state index contributed by atoms with van der Waals surface area (Å²) in [7, 11) is 0. The highest BCUT2D eigenvalue weighted by molar-refractivity contribution is 5.89. The van der Waals surface area contributed by atoms with Crippen LogP contribution in [-0.4, -0.2) is 9.97 Å². The zero-order valence-electron chi connectivity index (χ0n) is 30.4. The molecule has 262 valence electrons. The molecule has 2 aliphatic rings. The van der Waals surface area contributed by atoms with Gasteiger partial charge in [0.15, 0.2) is 5.82 Å². The number of para-hydroxylation sites is 1. The Bertz CT molecular complexity index is 2800. The number of rotatable bonds is 5. The average molecular weight is 715 g/mol. The van der Waals surface area contributed by atoms with Gasteiger partial charge in [0.1, 0.15) is 11.5 Å². The first-order valence-electron chi connectivity index (χ1n) is 19.1. The second kappa shape index (κ2) is 12.9. The van der Waals surface area contributed by atoms with Crippen LogP contribution in [-0.2, 0) is 5.41 Å². The van der Waals surface area contributed by atoms with Gasteiger partial charge in [0, 0.05) is 27.8 Å². The molecule has 1 aromatic heterocycles. The summed E-state index contributed by atoms with van der Waals surface area (Å²) in [6.45, 7) is 0. The van der Waals surface area contributed by atoms with Gasteiger partial charge in [-0.2, -0.15) is 0 Å². The highest BCUT2D eigenvalue weighted by Gasteiger charge is 2.51. The van der Waals surface area contributed by atoms with Gasteiger partial charge < -0.3 is 4.74 Å². The first kappa shape index (κ1) is 32.1. The SMILES string of the molecule is c1ccc(-c2cccc(-c3cc(-c4ccc5c(c4)C4(c6ccccc6O5)c5ccccc5-c5ccccc54)nc(-c4cccc(-c5ccccc5)c4)n3)c2)cc1. The van der Waals surface area contributed by atoms with Crippen molar-refractivity contribution in [1.29, 1.82) is 0 Å². The second-order valence-electron chi connectivity index (χ2n) is 14.5. The lowest BCUT2D eigenvalue weighted by Gasteiger charge is -2.39. The highest BCUT2D eigenvalue weighted by Crippen LogP contribution is 2.62. The third-order valence-electron chi connectivity index (χ3n) is 11.4. The van der Waals surface area contributed by atoms with Gasteiger partial charge in [0.05, 0.1) is 16.8 Å². The van der Waals surface area contributed by atoms with Crippen LogP contribution in [0.4, 0.5) is 0 Å². The van der Waals surface area contributed by atoms with E-state index < -0.39 is 5.41 Å². The molecular weight excluding hydrogens is 681 g/mol. The lowest BCUT2D eigenvalue weighted by Crippen LogP contribution is -2.32. The molecule has 56 heavy (non-hydrogen) atoms. The minimum absolute atomic E-state index is 0.569. The lowest BCUT2D eigenvalue weighted by molar-refractivity contribution is 0.436. The highest BCUT2D eigenvalue weighted by atomic mass is 16.5. The Balaban J connectivity index is 1.14. The summed E-state index contributed by atoms with van der Waals surface area (Å²) in [5.41, 5.74) is 16.0.